The number of nitrogens with zero attached hydrogens (tertiary/aromatic N) is 1. The van der Waals surface area contributed by atoms with E-state index in [0.29, 0.717) is 0 Å². The van der Waals surface area contributed by atoms with Crippen molar-refractivity contribution in [2.24, 2.45) is 23.7 Å². The van der Waals surface area contributed by atoms with E-state index >= 15 is 0 Å². The maximum absolute atomic E-state index is 12.8. The lowest BCUT2D eigenvalue weighted by molar-refractivity contribution is 0.209. The first-order valence-corrected chi connectivity index (χ1v) is 11.0. The molecule has 2 rings (SSSR count). The number of nitriles is 1. The van der Waals surface area contributed by atoms with Crippen molar-refractivity contribution >= 4 is 0 Å². The summed E-state index contributed by atoms with van der Waals surface area (Å²) < 4.78 is 12.8. The van der Waals surface area contributed by atoms with Crippen LogP contribution in [0.25, 0.3) is 0 Å². The maximum atomic E-state index is 12.8. The standard InChI is InChI=1S/C23H38FN/c1-2-3-5-19-8-12-21(13-9-19)16-17-22-14-10-20(11-15-22)6-4-7-23(24)18-25/h7,19-22H,2-6,8-17H2,1H3/t19-,20?,21-,22?. The molecule has 0 radical (unpaired) electrons. The molecule has 2 aliphatic rings. The van der Waals surface area contributed by atoms with Crippen LogP contribution in [0.3, 0.4) is 0 Å². The van der Waals surface area contributed by atoms with E-state index in [1.165, 1.54) is 89.5 Å². The van der Waals surface area contributed by atoms with Gasteiger partial charge in [-0.2, -0.15) is 9.65 Å². The van der Waals surface area contributed by atoms with Crippen LogP contribution < -0.4 is 0 Å². The summed E-state index contributed by atoms with van der Waals surface area (Å²) in [6, 6.07) is 1.56. The molecule has 25 heavy (non-hydrogen) atoms. The molecule has 0 unspecified atom stereocenters. The van der Waals surface area contributed by atoms with Crippen molar-refractivity contribution in [3.05, 3.63) is 11.9 Å². The van der Waals surface area contributed by atoms with Crippen LogP contribution in [0.1, 0.15) is 103 Å². The molecule has 2 aliphatic carbocycles. The third-order valence-electron chi connectivity index (χ3n) is 6.89. The van der Waals surface area contributed by atoms with Crippen LogP contribution in [0.2, 0.25) is 0 Å². The molecule has 0 heterocycles. The van der Waals surface area contributed by atoms with E-state index in [4.69, 9.17) is 5.26 Å². The summed E-state index contributed by atoms with van der Waals surface area (Å²) in [6.07, 6.45) is 21.8. The molecular weight excluding hydrogens is 309 g/mol. The van der Waals surface area contributed by atoms with Gasteiger partial charge in [0, 0.05) is 0 Å². The second kappa shape index (κ2) is 11.7. The summed E-state index contributed by atoms with van der Waals surface area (Å²) in [6.45, 7) is 2.31. The highest BCUT2D eigenvalue weighted by molar-refractivity contribution is 5.11. The monoisotopic (exact) mass is 347 g/mol. The molecular formula is C23H38FN. The van der Waals surface area contributed by atoms with Gasteiger partial charge in [-0.3, -0.25) is 0 Å². The molecule has 0 aromatic rings. The smallest absolute Gasteiger partial charge is 0.195 e. The second-order valence-corrected chi connectivity index (χ2v) is 8.73. The van der Waals surface area contributed by atoms with Gasteiger partial charge in [-0.25, -0.2) is 0 Å². The first kappa shape index (κ1) is 20.5. The van der Waals surface area contributed by atoms with Gasteiger partial charge in [0.2, 0.25) is 0 Å². The normalized spacial score (nSPS) is 30.8. The minimum atomic E-state index is -0.613. The SMILES string of the molecule is CCCC[C@H]1CC[C@H](CCC2CCC(CCC=C(F)C#N)CC2)CC1. The van der Waals surface area contributed by atoms with Gasteiger partial charge in [-0.05, 0) is 42.6 Å². The highest BCUT2D eigenvalue weighted by atomic mass is 19.1. The predicted octanol–water partition coefficient (Wildman–Crippen LogP) is 7.73. The predicted molar refractivity (Wildman–Crippen MR) is 104 cm³/mol. The Hall–Kier alpha value is -0.840. The van der Waals surface area contributed by atoms with Gasteiger partial charge in [-0.1, -0.05) is 90.4 Å². The summed E-state index contributed by atoms with van der Waals surface area (Å²) in [5.41, 5.74) is 0. The average Bonchev–Trinajstić information content (AvgIpc) is 2.66. The molecule has 1 nitrogen and oxygen atoms in total. The van der Waals surface area contributed by atoms with E-state index in [0.717, 1.165) is 36.5 Å². The fourth-order valence-corrected chi connectivity index (χ4v) is 5.07. The zero-order valence-corrected chi connectivity index (χ0v) is 16.3. The Morgan fingerprint density at radius 2 is 1.28 bits per heavy atom. The molecule has 0 N–H and O–H groups in total. The van der Waals surface area contributed by atoms with Gasteiger partial charge in [0.25, 0.3) is 0 Å². The largest absolute Gasteiger partial charge is 0.196 e. The summed E-state index contributed by atoms with van der Waals surface area (Å²) in [7, 11) is 0. The van der Waals surface area contributed by atoms with Gasteiger partial charge in [-0.15, -0.1) is 0 Å². The second-order valence-electron chi connectivity index (χ2n) is 8.73. The minimum Gasteiger partial charge on any atom is -0.195 e. The molecule has 2 heteroatoms. The Labute approximate surface area is 155 Å². The molecule has 0 aromatic carbocycles. The van der Waals surface area contributed by atoms with Crippen LogP contribution in [0.5, 0.6) is 0 Å². The Bertz CT molecular complexity index is 420. The molecule has 0 atom stereocenters. The fraction of sp³-hybridized carbons (Fsp3) is 0.870. The minimum absolute atomic E-state index is 0.613. The number of halogens is 1. The highest BCUT2D eigenvalue weighted by Crippen LogP contribution is 2.38. The van der Waals surface area contributed by atoms with E-state index in [9.17, 15) is 4.39 Å². The van der Waals surface area contributed by atoms with Gasteiger partial charge in [0.05, 0.1) is 0 Å². The molecule has 0 amide bonds. The summed E-state index contributed by atoms with van der Waals surface area (Å²) in [5.74, 6) is 3.13. The Morgan fingerprint density at radius 3 is 1.72 bits per heavy atom. The number of rotatable bonds is 9. The topological polar surface area (TPSA) is 23.8 Å². The lowest BCUT2D eigenvalue weighted by Crippen LogP contribution is -2.18. The maximum Gasteiger partial charge on any atom is 0.196 e. The molecule has 2 saturated carbocycles. The zero-order valence-electron chi connectivity index (χ0n) is 16.3. The van der Waals surface area contributed by atoms with Crippen LogP contribution in [0.4, 0.5) is 4.39 Å². The van der Waals surface area contributed by atoms with Crippen LogP contribution in [0.15, 0.2) is 11.9 Å². The van der Waals surface area contributed by atoms with Gasteiger partial charge < -0.3 is 0 Å². The summed E-state index contributed by atoms with van der Waals surface area (Å²) in [5, 5.41) is 8.43. The van der Waals surface area contributed by atoms with Crippen LogP contribution in [-0.4, -0.2) is 0 Å². The number of unbranched alkanes of at least 4 members (excludes halogenated alkanes) is 1. The molecule has 0 aromatic heterocycles. The molecule has 2 fully saturated rings. The van der Waals surface area contributed by atoms with Crippen LogP contribution in [-0.2, 0) is 0 Å². The third kappa shape index (κ3) is 7.93. The average molecular weight is 348 g/mol. The molecule has 0 saturated heterocycles. The molecule has 0 aliphatic heterocycles. The zero-order chi connectivity index (χ0) is 17.9. The quantitative estimate of drug-likeness (QED) is 0.391. The van der Waals surface area contributed by atoms with Gasteiger partial charge >= 0.3 is 0 Å². The Balaban J connectivity index is 1.53. The Morgan fingerprint density at radius 1 is 0.840 bits per heavy atom. The molecule has 0 spiro atoms. The first-order valence-electron chi connectivity index (χ1n) is 11.0. The molecule has 0 bridgehead atoms. The van der Waals surface area contributed by atoms with Crippen molar-refractivity contribution in [2.45, 2.75) is 103 Å². The van der Waals surface area contributed by atoms with E-state index in [2.05, 4.69) is 6.92 Å². The van der Waals surface area contributed by atoms with Crippen molar-refractivity contribution < 1.29 is 4.39 Å². The number of allylic oxidation sites excluding steroid dienone is 2. The molecule has 142 valence electrons. The lowest BCUT2D eigenvalue weighted by Gasteiger charge is -2.32. The van der Waals surface area contributed by atoms with Crippen molar-refractivity contribution in [3.63, 3.8) is 0 Å². The lowest BCUT2D eigenvalue weighted by atomic mass is 9.74. The highest BCUT2D eigenvalue weighted by Gasteiger charge is 2.24. The van der Waals surface area contributed by atoms with Crippen molar-refractivity contribution in [1.29, 1.82) is 5.26 Å². The van der Waals surface area contributed by atoms with Gasteiger partial charge in [0.15, 0.2) is 5.83 Å². The summed E-state index contributed by atoms with van der Waals surface area (Å²) >= 11 is 0. The van der Waals surface area contributed by atoms with E-state index in [1.807, 2.05) is 0 Å². The van der Waals surface area contributed by atoms with Gasteiger partial charge in [0.1, 0.15) is 6.07 Å². The summed E-state index contributed by atoms with van der Waals surface area (Å²) in [4.78, 5) is 0. The van der Waals surface area contributed by atoms with Crippen LogP contribution >= 0.6 is 0 Å². The van der Waals surface area contributed by atoms with E-state index in [1.54, 1.807) is 6.07 Å². The van der Waals surface area contributed by atoms with E-state index in [-0.39, 0.29) is 0 Å². The number of hydrogen-bond donors (Lipinski definition) is 0. The number of hydrogen-bond acceptors (Lipinski definition) is 1. The van der Waals surface area contributed by atoms with E-state index < -0.39 is 5.83 Å². The Kier molecular flexibility index (Phi) is 9.59. The van der Waals surface area contributed by atoms with Crippen LogP contribution in [0, 0.1) is 35.0 Å². The third-order valence-corrected chi connectivity index (χ3v) is 6.89. The first-order chi connectivity index (χ1) is 12.2. The van der Waals surface area contributed by atoms with Crippen molar-refractivity contribution in [3.8, 4) is 6.07 Å². The fourth-order valence-electron chi connectivity index (χ4n) is 5.07. The van der Waals surface area contributed by atoms with Crippen molar-refractivity contribution in [2.75, 3.05) is 0 Å². The van der Waals surface area contributed by atoms with Crippen molar-refractivity contribution in [1.82, 2.24) is 0 Å².